The molecule has 0 radical (unpaired) electrons. The molecule has 3 N–H and O–H groups in total. The molecule has 35 heavy (non-hydrogen) atoms. The molecule has 176 valence electrons. The first-order chi connectivity index (χ1) is 16.9. The fourth-order valence-electron chi connectivity index (χ4n) is 4.19. The van der Waals surface area contributed by atoms with Gasteiger partial charge in [-0.15, -0.1) is 0 Å². The van der Waals surface area contributed by atoms with Gasteiger partial charge in [0.1, 0.15) is 5.69 Å². The van der Waals surface area contributed by atoms with Crippen molar-refractivity contribution >= 4 is 23.4 Å². The number of nitrogens with zero attached hydrogens (tertiary/aromatic N) is 3. The van der Waals surface area contributed by atoms with Crippen LogP contribution in [0.15, 0.2) is 60.8 Å². The van der Waals surface area contributed by atoms with E-state index in [0.29, 0.717) is 35.8 Å². The standard InChI is InChI=1S/C27H25N5O3/c1-17-2-5-21(14-24(17)31-26(34)22-8-9-23(25(29)33)30-16-22)27(35)32-12-10-20(11-13-32)19-6-3-18(15-28)4-7-19/h2-9,14,16,20H,10-13H2,1H3,(H2,29,33)(H,31,34). The number of piperidine rings is 1. The third-order valence-corrected chi connectivity index (χ3v) is 6.30. The molecule has 4 rings (SSSR count). The van der Waals surface area contributed by atoms with Crippen LogP contribution in [0.25, 0.3) is 0 Å². The van der Waals surface area contributed by atoms with Crippen molar-refractivity contribution in [1.29, 1.82) is 5.26 Å². The van der Waals surface area contributed by atoms with E-state index in [1.807, 2.05) is 36.1 Å². The largest absolute Gasteiger partial charge is 0.364 e. The molecule has 0 aliphatic carbocycles. The minimum atomic E-state index is -0.667. The number of primary amides is 1. The maximum absolute atomic E-state index is 13.2. The molecule has 2 aromatic carbocycles. The van der Waals surface area contributed by atoms with Crippen molar-refractivity contribution in [3.05, 3.63) is 94.3 Å². The number of carbonyl (C=O) groups excluding carboxylic acids is 3. The number of nitrogens with two attached hydrogens (primary N) is 1. The molecule has 3 amide bonds. The number of rotatable bonds is 5. The summed E-state index contributed by atoms with van der Waals surface area (Å²) in [7, 11) is 0. The molecule has 0 spiro atoms. The van der Waals surface area contributed by atoms with E-state index in [-0.39, 0.29) is 17.2 Å². The molecular formula is C27H25N5O3. The van der Waals surface area contributed by atoms with Crippen molar-refractivity contribution < 1.29 is 14.4 Å². The Morgan fingerprint density at radius 1 is 1.03 bits per heavy atom. The quantitative estimate of drug-likeness (QED) is 0.592. The van der Waals surface area contributed by atoms with Crippen LogP contribution in [0.3, 0.4) is 0 Å². The number of hydrogen-bond acceptors (Lipinski definition) is 5. The Bertz CT molecular complexity index is 1300. The molecule has 0 bridgehead atoms. The average molecular weight is 468 g/mol. The lowest BCUT2D eigenvalue weighted by Gasteiger charge is -2.32. The predicted molar refractivity (Wildman–Crippen MR) is 131 cm³/mol. The Balaban J connectivity index is 1.41. The summed E-state index contributed by atoms with van der Waals surface area (Å²) in [5, 5.41) is 11.8. The number of likely N-dealkylation sites (tertiary alicyclic amines) is 1. The zero-order valence-electron chi connectivity index (χ0n) is 19.3. The van der Waals surface area contributed by atoms with Gasteiger partial charge in [-0.3, -0.25) is 19.4 Å². The fourth-order valence-corrected chi connectivity index (χ4v) is 4.19. The van der Waals surface area contributed by atoms with E-state index >= 15 is 0 Å². The van der Waals surface area contributed by atoms with Crippen LogP contribution in [0.4, 0.5) is 5.69 Å². The predicted octanol–water partition coefficient (Wildman–Crippen LogP) is 3.63. The third-order valence-electron chi connectivity index (χ3n) is 6.30. The zero-order valence-corrected chi connectivity index (χ0v) is 19.3. The van der Waals surface area contributed by atoms with Gasteiger partial charge in [0.05, 0.1) is 17.2 Å². The van der Waals surface area contributed by atoms with Gasteiger partial charge in [-0.05, 0) is 73.2 Å². The van der Waals surface area contributed by atoms with Gasteiger partial charge in [0, 0.05) is 30.5 Å². The first kappa shape index (κ1) is 23.6. The van der Waals surface area contributed by atoms with Gasteiger partial charge in [0.15, 0.2) is 0 Å². The molecule has 0 saturated carbocycles. The summed E-state index contributed by atoms with van der Waals surface area (Å²) < 4.78 is 0. The van der Waals surface area contributed by atoms with Crippen molar-refractivity contribution in [2.45, 2.75) is 25.7 Å². The van der Waals surface area contributed by atoms with E-state index in [2.05, 4.69) is 16.4 Å². The molecule has 2 heterocycles. The van der Waals surface area contributed by atoms with Crippen LogP contribution in [0, 0.1) is 18.3 Å². The Labute approximate surface area is 203 Å². The SMILES string of the molecule is Cc1ccc(C(=O)N2CCC(c3ccc(C#N)cc3)CC2)cc1NC(=O)c1ccc(C(N)=O)nc1. The molecule has 0 unspecified atom stereocenters. The highest BCUT2D eigenvalue weighted by Crippen LogP contribution is 2.29. The second-order valence-corrected chi connectivity index (χ2v) is 8.58. The summed E-state index contributed by atoms with van der Waals surface area (Å²) in [4.78, 5) is 42.7. The Hall–Kier alpha value is -4.51. The number of carbonyl (C=O) groups is 3. The van der Waals surface area contributed by atoms with Gasteiger partial charge in [0.2, 0.25) is 0 Å². The normalized spacial score (nSPS) is 13.7. The van der Waals surface area contributed by atoms with Crippen molar-refractivity contribution in [3.63, 3.8) is 0 Å². The molecule has 1 aliphatic heterocycles. The topological polar surface area (TPSA) is 129 Å². The number of aryl methyl sites for hydroxylation is 1. The van der Waals surface area contributed by atoms with Gasteiger partial charge in [-0.2, -0.15) is 5.26 Å². The highest BCUT2D eigenvalue weighted by Gasteiger charge is 2.25. The lowest BCUT2D eigenvalue weighted by Crippen LogP contribution is -2.38. The summed E-state index contributed by atoms with van der Waals surface area (Å²) in [6.07, 6.45) is 2.99. The lowest BCUT2D eigenvalue weighted by atomic mass is 9.89. The number of nitriles is 1. The minimum absolute atomic E-state index is 0.0771. The number of anilines is 1. The maximum Gasteiger partial charge on any atom is 0.267 e. The third kappa shape index (κ3) is 5.36. The number of benzene rings is 2. The van der Waals surface area contributed by atoms with Crippen molar-refractivity contribution in [2.24, 2.45) is 5.73 Å². The maximum atomic E-state index is 13.2. The van der Waals surface area contributed by atoms with Gasteiger partial charge in [-0.1, -0.05) is 18.2 Å². The molecule has 1 fully saturated rings. The number of nitrogens with one attached hydrogen (secondary N) is 1. The van der Waals surface area contributed by atoms with Crippen LogP contribution in [-0.2, 0) is 0 Å². The van der Waals surface area contributed by atoms with Crippen LogP contribution in [-0.4, -0.2) is 40.7 Å². The lowest BCUT2D eigenvalue weighted by molar-refractivity contribution is 0.0712. The Kier molecular flexibility index (Phi) is 6.88. The van der Waals surface area contributed by atoms with E-state index in [4.69, 9.17) is 11.0 Å². The highest BCUT2D eigenvalue weighted by atomic mass is 16.2. The van der Waals surface area contributed by atoms with E-state index < -0.39 is 11.8 Å². The fraction of sp³-hybridized carbons (Fsp3) is 0.222. The molecular weight excluding hydrogens is 442 g/mol. The van der Waals surface area contributed by atoms with Crippen molar-refractivity contribution in [2.75, 3.05) is 18.4 Å². The molecule has 1 aliphatic rings. The molecule has 8 nitrogen and oxygen atoms in total. The summed E-state index contributed by atoms with van der Waals surface area (Å²) in [6.45, 7) is 3.12. The van der Waals surface area contributed by atoms with Crippen LogP contribution in [0.1, 0.15) is 66.7 Å². The molecule has 8 heteroatoms. The van der Waals surface area contributed by atoms with Gasteiger partial charge >= 0.3 is 0 Å². The summed E-state index contributed by atoms with van der Waals surface area (Å²) in [5.41, 5.74) is 9.23. The number of aromatic nitrogens is 1. The Morgan fingerprint density at radius 2 is 1.71 bits per heavy atom. The smallest absolute Gasteiger partial charge is 0.267 e. The minimum Gasteiger partial charge on any atom is -0.364 e. The average Bonchev–Trinajstić information content (AvgIpc) is 2.89. The molecule has 3 aromatic rings. The van der Waals surface area contributed by atoms with Crippen molar-refractivity contribution in [1.82, 2.24) is 9.88 Å². The number of hydrogen-bond donors (Lipinski definition) is 2. The molecule has 1 aromatic heterocycles. The summed E-state index contributed by atoms with van der Waals surface area (Å²) in [5.74, 6) is -0.787. The monoisotopic (exact) mass is 467 g/mol. The van der Waals surface area contributed by atoms with E-state index in [9.17, 15) is 14.4 Å². The second kappa shape index (κ2) is 10.2. The highest BCUT2D eigenvalue weighted by molar-refractivity contribution is 6.05. The van der Waals surface area contributed by atoms with E-state index in [1.54, 1.807) is 18.2 Å². The summed E-state index contributed by atoms with van der Waals surface area (Å²) >= 11 is 0. The number of amides is 3. The van der Waals surface area contributed by atoms with Crippen molar-refractivity contribution in [3.8, 4) is 6.07 Å². The first-order valence-corrected chi connectivity index (χ1v) is 11.3. The van der Waals surface area contributed by atoms with Gasteiger partial charge < -0.3 is 16.0 Å². The van der Waals surface area contributed by atoms with Gasteiger partial charge in [-0.25, -0.2) is 0 Å². The zero-order chi connectivity index (χ0) is 24.9. The van der Waals surface area contributed by atoms with Crippen LogP contribution in [0.5, 0.6) is 0 Å². The Morgan fingerprint density at radius 3 is 2.31 bits per heavy atom. The molecule has 0 atom stereocenters. The number of pyridine rings is 1. The molecule has 1 saturated heterocycles. The van der Waals surface area contributed by atoms with Crippen LogP contribution in [0.2, 0.25) is 0 Å². The van der Waals surface area contributed by atoms with Gasteiger partial charge in [0.25, 0.3) is 17.7 Å². The second-order valence-electron chi connectivity index (χ2n) is 8.58. The van der Waals surface area contributed by atoms with E-state index in [0.717, 1.165) is 18.4 Å². The first-order valence-electron chi connectivity index (χ1n) is 11.3. The van der Waals surface area contributed by atoms with Crippen LogP contribution < -0.4 is 11.1 Å². The summed E-state index contributed by atoms with van der Waals surface area (Å²) in [6, 6.07) is 17.9. The van der Waals surface area contributed by atoms with E-state index in [1.165, 1.54) is 23.9 Å². The van der Waals surface area contributed by atoms with Crippen LogP contribution >= 0.6 is 0 Å².